The van der Waals surface area contributed by atoms with E-state index in [1.54, 1.807) is 6.07 Å². The number of benzene rings is 1. The van der Waals surface area contributed by atoms with Crippen molar-refractivity contribution in [2.75, 3.05) is 5.32 Å². The van der Waals surface area contributed by atoms with Gasteiger partial charge in [-0.1, -0.05) is 25.3 Å². The normalized spacial score (nSPS) is 17.7. The molecule has 0 heterocycles. The van der Waals surface area contributed by atoms with Gasteiger partial charge in [-0.05, 0) is 40.9 Å². The van der Waals surface area contributed by atoms with Crippen molar-refractivity contribution in [1.29, 1.82) is 0 Å². The molecular weight excluding hydrogens is 257 g/mol. The fraction of sp³-hybridized carbons (Fsp3) is 0.500. The van der Waals surface area contributed by atoms with Gasteiger partial charge in [0, 0.05) is 10.5 Å². The number of para-hydroxylation sites is 1. The van der Waals surface area contributed by atoms with E-state index in [2.05, 4.69) is 21.2 Å². The maximum atomic E-state index is 13.5. The summed E-state index contributed by atoms with van der Waals surface area (Å²) in [6, 6.07) is 5.52. The average Bonchev–Trinajstić information content (AvgIpc) is 2.25. The summed E-state index contributed by atoms with van der Waals surface area (Å²) in [5, 5.41) is 3.30. The lowest BCUT2D eigenvalue weighted by Gasteiger charge is -2.24. The quantitative estimate of drug-likeness (QED) is 0.844. The van der Waals surface area contributed by atoms with Crippen LogP contribution in [0.2, 0.25) is 0 Å². The number of hydrogen-bond donors (Lipinski definition) is 1. The summed E-state index contributed by atoms with van der Waals surface area (Å²) < 4.78 is 14.3. The van der Waals surface area contributed by atoms with Gasteiger partial charge in [0.15, 0.2) is 0 Å². The Morgan fingerprint density at radius 2 is 1.93 bits per heavy atom. The molecular formula is C12H15BrFN. The molecule has 15 heavy (non-hydrogen) atoms. The van der Waals surface area contributed by atoms with Crippen LogP contribution < -0.4 is 5.32 Å². The Labute approximate surface area is 98.2 Å². The molecule has 0 bridgehead atoms. The van der Waals surface area contributed by atoms with Crippen LogP contribution in [0.5, 0.6) is 0 Å². The first kappa shape index (κ1) is 10.9. The predicted octanol–water partition coefficient (Wildman–Crippen LogP) is 4.33. The summed E-state index contributed by atoms with van der Waals surface area (Å²) >= 11 is 3.37. The van der Waals surface area contributed by atoms with Crippen molar-refractivity contribution in [3.05, 3.63) is 28.5 Å². The Hall–Kier alpha value is -0.570. The summed E-state index contributed by atoms with van der Waals surface area (Å²) in [7, 11) is 0. The second-order valence-electron chi connectivity index (χ2n) is 4.08. The summed E-state index contributed by atoms with van der Waals surface area (Å²) in [6.07, 6.45) is 6.13. The minimum atomic E-state index is -0.171. The van der Waals surface area contributed by atoms with Crippen molar-refractivity contribution < 1.29 is 4.39 Å². The molecule has 1 aromatic carbocycles. The Balaban J connectivity index is 2.09. The molecule has 0 aromatic heterocycles. The lowest BCUT2D eigenvalue weighted by Crippen LogP contribution is -2.23. The van der Waals surface area contributed by atoms with E-state index in [0.29, 0.717) is 11.7 Å². The van der Waals surface area contributed by atoms with Gasteiger partial charge < -0.3 is 5.32 Å². The second kappa shape index (κ2) is 4.97. The molecule has 1 aromatic rings. The number of hydrogen-bond acceptors (Lipinski definition) is 1. The average molecular weight is 272 g/mol. The molecule has 0 spiro atoms. The van der Waals surface area contributed by atoms with E-state index in [4.69, 9.17) is 0 Å². The summed E-state index contributed by atoms with van der Waals surface area (Å²) in [5.41, 5.74) is 0.615. The third kappa shape index (κ3) is 2.71. The van der Waals surface area contributed by atoms with Crippen molar-refractivity contribution in [2.24, 2.45) is 0 Å². The van der Waals surface area contributed by atoms with Gasteiger partial charge in [-0.3, -0.25) is 0 Å². The highest BCUT2D eigenvalue weighted by atomic mass is 79.9. The zero-order valence-electron chi connectivity index (χ0n) is 8.60. The Bertz CT molecular complexity index is 314. The lowest BCUT2D eigenvalue weighted by atomic mass is 9.95. The number of anilines is 1. The predicted molar refractivity (Wildman–Crippen MR) is 64.6 cm³/mol. The highest BCUT2D eigenvalue weighted by Gasteiger charge is 2.15. The molecule has 2 rings (SSSR count). The monoisotopic (exact) mass is 271 g/mol. The van der Waals surface area contributed by atoms with Crippen molar-refractivity contribution in [2.45, 2.75) is 38.1 Å². The van der Waals surface area contributed by atoms with E-state index < -0.39 is 0 Å². The van der Waals surface area contributed by atoms with E-state index in [0.717, 1.165) is 17.3 Å². The van der Waals surface area contributed by atoms with E-state index in [1.165, 1.54) is 25.3 Å². The van der Waals surface area contributed by atoms with Gasteiger partial charge in [-0.2, -0.15) is 0 Å². The second-order valence-corrected chi connectivity index (χ2v) is 4.93. The van der Waals surface area contributed by atoms with Crippen molar-refractivity contribution in [1.82, 2.24) is 0 Å². The van der Waals surface area contributed by atoms with Gasteiger partial charge in [0.1, 0.15) is 5.82 Å². The van der Waals surface area contributed by atoms with Crippen LogP contribution in [0.15, 0.2) is 22.7 Å². The maximum absolute atomic E-state index is 13.5. The zero-order chi connectivity index (χ0) is 10.7. The van der Waals surface area contributed by atoms with Crippen LogP contribution in [0.4, 0.5) is 10.1 Å². The van der Waals surface area contributed by atoms with Crippen LogP contribution in [-0.4, -0.2) is 6.04 Å². The Morgan fingerprint density at radius 1 is 1.20 bits per heavy atom. The third-order valence-electron chi connectivity index (χ3n) is 2.92. The number of rotatable bonds is 2. The maximum Gasteiger partial charge on any atom is 0.147 e. The molecule has 0 unspecified atom stereocenters. The minimum absolute atomic E-state index is 0.171. The van der Waals surface area contributed by atoms with Crippen LogP contribution in [0.3, 0.4) is 0 Å². The van der Waals surface area contributed by atoms with E-state index in [9.17, 15) is 4.39 Å². The molecule has 1 fully saturated rings. The van der Waals surface area contributed by atoms with Crippen LogP contribution in [0.25, 0.3) is 0 Å². The zero-order valence-corrected chi connectivity index (χ0v) is 10.2. The molecule has 1 N–H and O–H groups in total. The molecule has 1 aliphatic carbocycles. The molecule has 1 nitrogen and oxygen atoms in total. The van der Waals surface area contributed by atoms with Gasteiger partial charge in [0.25, 0.3) is 0 Å². The molecule has 0 saturated heterocycles. The van der Waals surface area contributed by atoms with Gasteiger partial charge in [0.2, 0.25) is 0 Å². The summed E-state index contributed by atoms with van der Waals surface area (Å²) in [4.78, 5) is 0. The Kier molecular flexibility index (Phi) is 3.62. The van der Waals surface area contributed by atoms with E-state index in [1.807, 2.05) is 6.07 Å². The molecule has 1 saturated carbocycles. The topological polar surface area (TPSA) is 12.0 Å². The smallest absolute Gasteiger partial charge is 0.147 e. The number of halogens is 2. The lowest BCUT2D eigenvalue weighted by molar-refractivity contribution is 0.460. The van der Waals surface area contributed by atoms with E-state index in [-0.39, 0.29) is 5.82 Å². The SMILES string of the molecule is Fc1cccc(Br)c1NC1CCCCC1. The third-order valence-corrected chi connectivity index (χ3v) is 3.58. The van der Waals surface area contributed by atoms with Gasteiger partial charge >= 0.3 is 0 Å². The highest BCUT2D eigenvalue weighted by Crippen LogP contribution is 2.29. The first-order valence-electron chi connectivity index (χ1n) is 5.48. The number of nitrogens with one attached hydrogen (secondary N) is 1. The molecule has 1 aliphatic rings. The van der Waals surface area contributed by atoms with Crippen LogP contribution >= 0.6 is 15.9 Å². The molecule has 0 aliphatic heterocycles. The molecule has 82 valence electrons. The van der Waals surface area contributed by atoms with Crippen molar-refractivity contribution in [3.8, 4) is 0 Å². The van der Waals surface area contributed by atoms with Crippen molar-refractivity contribution >= 4 is 21.6 Å². The summed E-state index contributed by atoms with van der Waals surface area (Å²) in [6.45, 7) is 0. The standard InChI is InChI=1S/C12H15BrFN/c13-10-7-4-8-11(14)12(10)15-9-5-2-1-3-6-9/h4,7-9,15H,1-3,5-6H2. The van der Waals surface area contributed by atoms with Crippen LogP contribution in [0, 0.1) is 5.82 Å². The largest absolute Gasteiger partial charge is 0.379 e. The highest BCUT2D eigenvalue weighted by molar-refractivity contribution is 9.10. The van der Waals surface area contributed by atoms with Gasteiger partial charge in [0.05, 0.1) is 5.69 Å². The molecule has 0 amide bonds. The van der Waals surface area contributed by atoms with E-state index >= 15 is 0 Å². The van der Waals surface area contributed by atoms with Crippen LogP contribution in [-0.2, 0) is 0 Å². The van der Waals surface area contributed by atoms with Gasteiger partial charge in [-0.15, -0.1) is 0 Å². The minimum Gasteiger partial charge on any atom is -0.379 e. The fourth-order valence-electron chi connectivity index (χ4n) is 2.09. The Morgan fingerprint density at radius 3 is 2.60 bits per heavy atom. The first-order valence-corrected chi connectivity index (χ1v) is 6.27. The summed E-state index contributed by atoms with van der Waals surface area (Å²) in [5.74, 6) is -0.171. The first-order chi connectivity index (χ1) is 7.27. The molecule has 0 atom stereocenters. The molecule has 3 heteroatoms. The fourth-order valence-corrected chi connectivity index (χ4v) is 2.54. The van der Waals surface area contributed by atoms with Crippen LogP contribution in [0.1, 0.15) is 32.1 Å². The van der Waals surface area contributed by atoms with Crippen molar-refractivity contribution in [3.63, 3.8) is 0 Å². The van der Waals surface area contributed by atoms with Gasteiger partial charge in [-0.25, -0.2) is 4.39 Å². The molecule has 0 radical (unpaired) electrons.